The molecule has 1 saturated heterocycles. The number of ether oxygens (including phenoxy) is 1. The van der Waals surface area contributed by atoms with Gasteiger partial charge in [0.1, 0.15) is 0 Å². The largest absolute Gasteiger partial charge is 0.379 e. The van der Waals surface area contributed by atoms with Gasteiger partial charge in [0.05, 0.1) is 43.0 Å². The van der Waals surface area contributed by atoms with E-state index in [1.165, 1.54) is 0 Å². The zero-order chi connectivity index (χ0) is 23.3. The highest BCUT2D eigenvalue weighted by atomic mass is 16.5. The highest BCUT2D eigenvalue weighted by Crippen LogP contribution is 2.31. The van der Waals surface area contributed by atoms with Crippen molar-refractivity contribution in [1.82, 2.24) is 25.1 Å². The fourth-order valence-corrected chi connectivity index (χ4v) is 4.03. The topological polar surface area (TPSA) is 96.0 Å². The lowest BCUT2D eigenvalue weighted by molar-refractivity contribution is -0.118. The molecule has 4 aromatic rings. The Hall–Kier alpha value is -3.88. The van der Waals surface area contributed by atoms with Crippen LogP contribution >= 0.6 is 0 Å². The number of pyridine rings is 2. The molecule has 0 spiro atoms. The molecule has 2 N–H and O–H groups in total. The van der Waals surface area contributed by atoms with Crippen LogP contribution in [0.2, 0.25) is 0 Å². The molecule has 3 aromatic heterocycles. The zero-order valence-corrected chi connectivity index (χ0v) is 19.0. The van der Waals surface area contributed by atoms with Crippen LogP contribution in [0, 0.1) is 6.92 Å². The lowest BCUT2D eigenvalue weighted by Gasteiger charge is -2.25. The van der Waals surface area contributed by atoms with E-state index in [0.29, 0.717) is 19.8 Å². The van der Waals surface area contributed by atoms with Crippen molar-refractivity contribution in [2.45, 2.75) is 6.92 Å². The normalized spacial score (nSPS) is 14.1. The van der Waals surface area contributed by atoms with Gasteiger partial charge >= 0.3 is 0 Å². The van der Waals surface area contributed by atoms with Crippen molar-refractivity contribution < 1.29 is 9.53 Å². The number of H-pyrrole nitrogens is 1. The van der Waals surface area contributed by atoms with Gasteiger partial charge in [-0.2, -0.15) is 5.10 Å². The molecule has 8 heteroatoms. The van der Waals surface area contributed by atoms with Crippen molar-refractivity contribution in [1.29, 1.82) is 0 Å². The molecule has 0 unspecified atom stereocenters. The number of hydrogen-bond donors (Lipinski definition) is 2. The van der Waals surface area contributed by atoms with Crippen LogP contribution in [0.15, 0.2) is 67.0 Å². The third kappa shape index (κ3) is 5.03. The number of carbonyl (C=O) groups is 1. The van der Waals surface area contributed by atoms with Gasteiger partial charge in [-0.15, -0.1) is 0 Å². The second kappa shape index (κ2) is 9.94. The van der Waals surface area contributed by atoms with Crippen molar-refractivity contribution in [2.24, 2.45) is 0 Å². The second-order valence-corrected chi connectivity index (χ2v) is 8.27. The standard InChI is InChI=1S/C26H26N6O2/c1-18-3-2-4-23(29-18)26-22(16-28-31-26)20-9-10-27-24(15-20)19-5-7-21(8-6-19)30-25(33)17-32-11-13-34-14-12-32/h2-10,15-16H,11-14,17H2,1H3,(H,28,31)(H,30,33). The Labute approximate surface area is 198 Å². The first-order chi connectivity index (χ1) is 16.7. The van der Waals surface area contributed by atoms with Crippen LogP contribution in [0.25, 0.3) is 33.8 Å². The van der Waals surface area contributed by atoms with Gasteiger partial charge in [-0.1, -0.05) is 18.2 Å². The van der Waals surface area contributed by atoms with E-state index < -0.39 is 0 Å². The summed E-state index contributed by atoms with van der Waals surface area (Å²) in [6.45, 7) is 5.27. The molecule has 34 heavy (non-hydrogen) atoms. The Balaban J connectivity index is 1.31. The Bertz CT molecular complexity index is 1280. The molecule has 172 valence electrons. The molecule has 5 rings (SSSR count). The molecule has 4 heterocycles. The van der Waals surface area contributed by atoms with E-state index in [1.54, 1.807) is 6.20 Å². The number of rotatable bonds is 6. The number of benzene rings is 1. The van der Waals surface area contributed by atoms with Gasteiger partial charge in [0, 0.05) is 41.8 Å². The number of amides is 1. The van der Waals surface area contributed by atoms with Crippen molar-refractivity contribution in [3.05, 3.63) is 72.7 Å². The van der Waals surface area contributed by atoms with E-state index in [9.17, 15) is 4.79 Å². The van der Waals surface area contributed by atoms with E-state index in [0.717, 1.165) is 58.2 Å². The van der Waals surface area contributed by atoms with Crippen molar-refractivity contribution in [2.75, 3.05) is 38.2 Å². The summed E-state index contributed by atoms with van der Waals surface area (Å²) in [5.74, 6) is -0.0213. The predicted molar refractivity (Wildman–Crippen MR) is 131 cm³/mol. The third-order valence-electron chi connectivity index (χ3n) is 5.79. The van der Waals surface area contributed by atoms with Crippen LogP contribution in [0.4, 0.5) is 5.69 Å². The minimum absolute atomic E-state index is 0.0213. The average molecular weight is 455 g/mol. The molecular weight excluding hydrogens is 428 g/mol. The van der Waals surface area contributed by atoms with Gasteiger partial charge in [-0.3, -0.25) is 24.8 Å². The first-order valence-corrected chi connectivity index (χ1v) is 11.3. The van der Waals surface area contributed by atoms with Crippen LogP contribution in [0.3, 0.4) is 0 Å². The quantitative estimate of drug-likeness (QED) is 0.460. The molecule has 0 atom stereocenters. The van der Waals surface area contributed by atoms with Crippen LogP contribution in [-0.4, -0.2) is 63.8 Å². The van der Waals surface area contributed by atoms with Gasteiger partial charge in [-0.25, -0.2) is 0 Å². The summed E-state index contributed by atoms with van der Waals surface area (Å²) in [5.41, 5.74) is 7.21. The van der Waals surface area contributed by atoms with Gasteiger partial charge < -0.3 is 10.1 Å². The highest BCUT2D eigenvalue weighted by Gasteiger charge is 2.15. The number of nitrogens with one attached hydrogen (secondary N) is 2. The molecule has 1 aromatic carbocycles. The van der Waals surface area contributed by atoms with E-state index in [2.05, 4.69) is 30.4 Å². The number of anilines is 1. The molecule has 0 aliphatic carbocycles. The Kier molecular flexibility index (Phi) is 6.42. The molecule has 8 nitrogen and oxygen atoms in total. The average Bonchev–Trinajstić information content (AvgIpc) is 3.35. The number of hydrogen-bond acceptors (Lipinski definition) is 6. The molecule has 1 amide bonds. The third-order valence-corrected chi connectivity index (χ3v) is 5.79. The Morgan fingerprint density at radius 2 is 1.88 bits per heavy atom. The molecular formula is C26H26N6O2. The lowest BCUT2D eigenvalue weighted by Crippen LogP contribution is -2.41. The predicted octanol–water partition coefficient (Wildman–Crippen LogP) is 3.78. The number of aryl methyl sites for hydroxylation is 1. The monoisotopic (exact) mass is 454 g/mol. The summed E-state index contributed by atoms with van der Waals surface area (Å²) in [4.78, 5) is 23.6. The Morgan fingerprint density at radius 3 is 2.68 bits per heavy atom. The molecule has 1 aliphatic rings. The number of nitrogens with zero attached hydrogens (tertiary/aromatic N) is 4. The fourth-order valence-electron chi connectivity index (χ4n) is 4.03. The number of morpholine rings is 1. The van der Waals surface area contributed by atoms with Crippen LogP contribution in [0.1, 0.15) is 5.69 Å². The summed E-state index contributed by atoms with van der Waals surface area (Å²) in [5, 5.41) is 10.3. The van der Waals surface area contributed by atoms with E-state index in [1.807, 2.05) is 67.7 Å². The van der Waals surface area contributed by atoms with Gasteiger partial charge in [0.25, 0.3) is 0 Å². The van der Waals surface area contributed by atoms with Gasteiger partial charge in [-0.05, 0) is 48.9 Å². The van der Waals surface area contributed by atoms with Crippen LogP contribution in [-0.2, 0) is 9.53 Å². The number of carbonyl (C=O) groups excluding carboxylic acids is 1. The number of aromatic nitrogens is 4. The number of aromatic amines is 1. The molecule has 1 aliphatic heterocycles. The van der Waals surface area contributed by atoms with Gasteiger partial charge in [0.15, 0.2) is 0 Å². The van der Waals surface area contributed by atoms with Crippen LogP contribution < -0.4 is 5.32 Å². The van der Waals surface area contributed by atoms with Crippen molar-refractivity contribution in [3.8, 4) is 33.8 Å². The summed E-state index contributed by atoms with van der Waals surface area (Å²) >= 11 is 0. The molecule has 1 fully saturated rings. The van der Waals surface area contributed by atoms with E-state index in [-0.39, 0.29) is 5.91 Å². The summed E-state index contributed by atoms with van der Waals surface area (Å²) in [6.07, 6.45) is 3.61. The minimum Gasteiger partial charge on any atom is -0.379 e. The first-order valence-electron chi connectivity index (χ1n) is 11.3. The molecule has 0 radical (unpaired) electrons. The van der Waals surface area contributed by atoms with E-state index in [4.69, 9.17) is 4.74 Å². The summed E-state index contributed by atoms with van der Waals surface area (Å²) < 4.78 is 5.33. The SMILES string of the molecule is Cc1cccc(-c2[nH]ncc2-c2ccnc(-c3ccc(NC(=O)CN4CCOCC4)cc3)c2)n1. The lowest BCUT2D eigenvalue weighted by atomic mass is 10.0. The van der Waals surface area contributed by atoms with E-state index >= 15 is 0 Å². The van der Waals surface area contributed by atoms with Crippen LogP contribution in [0.5, 0.6) is 0 Å². The molecule has 0 saturated carbocycles. The van der Waals surface area contributed by atoms with Crippen molar-refractivity contribution >= 4 is 11.6 Å². The maximum Gasteiger partial charge on any atom is 0.238 e. The molecule has 0 bridgehead atoms. The minimum atomic E-state index is -0.0213. The fraction of sp³-hybridized carbons (Fsp3) is 0.231. The maximum absolute atomic E-state index is 12.4. The van der Waals surface area contributed by atoms with Gasteiger partial charge in [0.2, 0.25) is 5.91 Å². The van der Waals surface area contributed by atoms with Crippen molar-refractivity contribution in [3.63, 3.8) is 0 Å². The second-order valence-electron chi connectivity index (χ2n) is 8.27. The Morgan fingerprint density at radius 1 is 1.06 bits per heavy atom. The zero-order valence-electron chi connectivity index (χ0n) is 19.0. The highest BCUT2D eigenvalue weighted by molar-refractivity contribution is 5.92. The first kappa shape index (κ1) is 21.9. The maximum atomic E-state index is 12.4. The smallest absolute Gasteiger partial charge is 0.238 e. The summed E-state index contributed by atoms with van der Waals surface area (Å²) in [6, 6.07) is 17.7. The summed E-state index contributed by atoms with van der Waals surface area (Å²) in [7, 11) is 0.